The number of nitrogens with one attached hydrogen (secondary N) is 1. The molecule has 3 nitrogen and oxygen atoms in total. The maximum atomic E-state index is 11.4. The minimum absolute atomic E-state index is 0.0251. The number of rotatable bonds is 0. The van der Waals surface area contributed by atoms with Crippen LogP contribution in [0.2, 0.25) is 0 Å². The van der Waals surface area contributed by atoms with E-state index in [1.54, 1.807) is 0 Å². The van der Waals surface area contributed by atoms with Gasteiger partial charge in [-0.2, -0.15) is 0 Å². The molecule has 1 N–H and O–H groups in total. The van der Waals surface area contributed by atoms with Crippen LogP contribution in [0.25, 0.3) is 0 Å². The molecule has 0 aromatic carbocycles. The van der Waals surface area contributed by atoms with E-state index < -0.39 is 10.0 Å². The summed E-state index contributed by atoms with van der Waals surface area (Å²) < 4.78 is 26.0. The van der Waals surface area contributed by atoms with Crippen molar-refractivity contribution >= 4 is 21.4 Å². The van der Waals surface area contributed by atoms with E-state index >= 15 is 0 Å². The lowest BCUT2D eigenvalue weighted by Crippen LogP contribution is -2.38. The van der Waals surface area contributed by atoms with Crippen LogP contribution >= 0.6 is 11.3 Å². The zero-order valence-electron chi connectivity index (χ0n) is 6.57. The van der Waals surface area contributed by atoms with Gasteiger partial charge in [0.2, 0.25) is 0 Å². The summed E-state index contributed by atoms with van der Waals surface area (Å²) in [4.78, 5) is 0. The largest absolute Gasteiger partial charge is 0.250 e. The normalized spacial score (nSPS) is 26.6. The van der Waals surface area contributed by atoms with Crippen molar-refractivity contribution in [1.82, 2.24) is 4.72 Å². The molecule has 0 saturated carbocycles. The van der Waals surface area contributed by atoms with Gasteiger partial charge >= 0.3 is 0 Å². The van der Waals surface area contributed by atoms with E-state index in [0.717, 1.165) is 12.0 Å². The molecule has 1 atom stereocenters. The van der Waals surface area contributed by atoms with Gasteiger partial charge in [0, 0.05) is 6.04 Å². The minimum Gasteiger partial charge on any atom is -0.207 e. The molecule has 2 heterocycles. The van der Waals surface area contributed by atoms with Crippen molar-refractivity contribution in [2.75, 3.05) is 0 Å². The smallest absolute Gasteiger partial charge is 0.207 e. The number of hydrogen-bond donors (Lipinski definition) is 1. The molecular formula is C7H9NO2S2. The Labute approximate surface area is 75.5 Å². The highest BCUT2D eigenvalue weighted by molar-refractivity contribution is 7.91. The Morgan fingerprint density at radius 3 is 3.17 bits per heavy atom. The summed E-state index contributed by atoms with van der Waals surface area (Å²) >= 11 is 1.28. The van der Waals surface area contributed by atoms with E-state index in [-0.39, 0.29) is 6.04 Å². The zero-order valence-corrected chi connectivity index (χ0v) is 8.21. The summed E-state index contributed by atoms with van der Waals surface area (Å²) in [5, 5.41) is 1.82. The molecule has 0 saturated heterocycles. The van der Waals surface area contributed by atoms with E-state index in [4.69, 9.17) is 0 Å². The SMILES string of the molecule is CC1Cc2ccsc2S(=O)(=O)N1. The first-order valence-electron chi connectivity index (χ1n) is 3.68. The highest BCUT2D eigenvalue weighted by Gasteiger charge is 2.27. The van der Waals surface area contributed by atoms with Crippen LogP contribution in [0.3, 0.4) is 0 Å². The number of fused-ring (bicyclic) bond motifs is 1. The van der Waals surface area contributed by atoms with Gasteiger partial charge in [0.1, 0.15) is 4.21 Å². The molecule has 0 aliphatic carbocycles. The standard InChI is InChI=1S/C7H9NO2S2/c1-5-4-6-2-3-11-7(6)12(9,10)8-5/h2-3,5,8H,4H2,1H3. The lowest BCUT2D eigenvalue weighted by molar-refractivity contribution is 0.548. The quantitative estimate of drug-likeness (QED) is 0.683. The van der Waals surface area contributed by atoms with Crippen LogP contribution in [-0.4, -0.2) is 14.5 Å². The molecule has 1 aromatic rings. The molecule has 0 bridgehead atoms. The highest BCUT2D eigenvalue weighted by Crippen LogP contribution is 2.27. The second-order valence-electron chi connectivity index (χ2n) is 2.96. The van der Waals surface area contributed by atoms with Gasteiger partial charge in [-0.1, -0.05) is 0 Å². The van der Waals surface area contributed by atoms with Crippen molar-refractivity contribution in [1.29, 1.82) is 0 Å². The minimum atomic E-state index is -3.18. The molecular weight excluding hydrogens is 194 g/mol. The van der Waals surface area contributed by atoms with Gasteiger partial charge in [-0.15, -0.1) is 11.3 Å². The van der Waals surface area contributed by atoms with E-state index in [2.05, 4.69) is 4.72 Å². The lowest BCUT2D eigenvalue weighted by atomic mass is 10.1. The Morgan fingerprint density at radius 1 is 1.67 bits per heavy atom. The monoisotopic (exact) mass is 203 g/mol. The van der Waals surface area contributed by atoms with Gasteiger partial charge in [-0.05, 0) is 30.4 Å². The zero-order chi connectivity index (χ0) is 8.77. The third-order valence-electron chi connectivity index (χ3n) is 1.83. The molecule has 1 unspecified atom stereocenters. The van der Waals surface area contributed by atoms with Crippen LogP contribution in [0.5, 0.6) is 0 Å². The summed E-state index contributed by atoms with van der Waals surface area (Å²) in [5.74, 6) is 0. The molecule has 2 rings (SSSR count). The third-order valence-corrected chi connectivity index (χ3v) is 4.99. The van der Waals surface area contributed by atoms with E-state index in [1.807, 2.05) is 18.4 Å². The molecule has 5 heteroatoms. The molecule has 1 aliphatic rings. The lowest BCUT2D eigenvalue weighted by Gasteiger charge is -2.19. The fraction of sp³-hybridized carbons (Fsp3) is 0.429. The topological polar surface area (TPSA) is 46.2 Å². The number of hydrogen-bond acceptors (Lipinski definition) is 3. The predicted octanol–water partition coefficient (Wildman–Crippen LogP) is 0.971. The van der Waals surface area contributed by atoms with Crippen LogP contribution in [0, 0.1) is 0 Å². The van der Waals surface area contributed by atoms with Crippen molar-refractivity contribution in [2.45, 2.75) is 23.6 Å². The maximum Gasteiger partial charge on any atom is 0.250 e. The highest BCUT2D eigenvalue weighted by atomic mass is 32.2. The summed E-state index contributed by atoms with van der Waals surface area (Å²) in [7, 11) is -3.18. The van der Waals surface area contributed by atoms with Gasteiger partial charge in [0.05, 0.1) is 0 Å². The fourth-order valence-corrected chi connectivity index (χ4v) is 4.09. The van der Waals surface area contributed by atoms with Gasteiger partial charge in [-0.3, -0.25) is 0 Å². The summed E-state index contributed by atoms with van der Waals surface area (Å²) in [6, 6.07) is 1.91. The van der Waals surface area contributed by atoms with Gasteiger partial charge < -0.3 is 0 Å². The van der Waals surface area contributed by atoms with Crippen LogP contribution in [-0.2, 0) is 16.4 Å². The van der Waals surface area contributed by atoms with Gasteiger partial charge in [0.15, 0.2) is 0 Å². The van der Waals surface area contributed by atoms with Crippen molar-refractivity contribution in [2.24, 2.45) is 0 Å². The molecule has 0 amide bonds. The van der Waals surface area contributed by atoms with Crippen LogP contribution < -0.4 is 4.72 Å². The average molecular weight is 203 g/mol. The second kappa shape index (κ2) is 2.55. The molecule has 0 radical (unpaired) electrons. The molecule has 12 heavy (non-hydrogen) atoms. The van der Waals surface area contributed by atoms with E-state index in [9.17, 15) is 8.42 Å². The molecule has 1 aliphatic heterocycles. The predicted molar refractivity (Wildman–Crippen MR) is 47.8 cm³/mol. The van der Waals surface area contributed by atoms with E-state index in [0.29, 0.717) is 4.21 Å². The fourth-order valence-electron chi connectivity index (χ4n) is 1.40. The average Bonchev–Trinajstić information content (AvgIpc) is 2.32. The maximum absolute atomic E-state index is 11.4. The molecule has 0 fully saturated rings. The van der Waals surface area contributed by atoms with Crippen molar-refractivity contribution in [3.8, 4) is 0 Å². The summed E-state index contributed by atoms with van der Waals surface area (Å²) in [6.07, 6.45) is 0.804. The Hall–Kier alpha value is -0.390. The first-order chi connectivity index (χ1) is 5.59. The van der Waals surface area contributed by atoms with Crippen molar-refractivity contribution < 1.29 is 8.42 Å². The molecule has 0 spiro atoms. The van der Waals surface area contributed by atoms with Gasteiger partial charge in [-0.25, -0.2) is 13.1 Å². The Kier molecular flexibility index (Phi) is 1.75. The van der Waals surface area contributed by atoms with Crippen molar-refractivity contribution in [3.63, 3.8) is 0 Å². The first kappa shape index (κ1) is 8.22. The van der Waals surface area contributed by atoms with E-state index in [1.165, 1.54) is 11.3 Å². The van der Waals surface area contributed by atoms with Crippen molar-refractivity contribution in [3.05, 3.63) is 17.0 Å². The Balaban J connectivity index is 2.61. The summed E-state index contributed by atoms with van der Waals surface area (Å²) in [5.41, 5.74) is 0.950. The molecule has 66 valence electrons. The van der Waals surface area contributed by atoms with Crippen LogP contribution in [0.15, 0.2) is 15.7 Å². The first-order valence-corrected chi connectivity index (χ1v) is 6.04. The van der Waals surface area contributed by atoms with Gasteiger partial charge in [0.25, 0.3) is 10.0 Å². The summed E-state index contributed by atoms with van der Waals surface area (Å²) in [6.45, 7) is 1.87. The Bertz CT molecular complexity index is 393. The Morgan fingerprint density at radius 2 is 2.42 bits per heavy atom. The molecule has 1 aromatic heterocycles. The number of thiophene rings is 1. The second-order valence-corrected chi connectivity index (χ2v) is 5.79. The van der Waals surface area contributed by atoms with Crippen LogP contribution in [0.4, 0.5) is 0 Å². The number of sulfonamides is 1. The third kappa shape index (κ3) is 1.18. The van der Waals surface area contributed by atoms with Crippen LogP contribution in [0.1, 0.15) is 12.5 Å².